The van der Waals surface area contributed by atoms with E-state index in [1.165, 1.54) is 6.08 Å². The Bertz CT molecular complexity index is 1130. The molecule has 8 heteroatoms. The third-order valence-corrected chi connectivity index (χ3v) is 5.18. The molecule has 2 aromatic carbocycles. The molecule has 2 N–H and O–H groups in total. The highest BCUT2D eigenvalue weighted by atomic mass is 16.5. The summed E-state index contributed by atoms with van der Waals surface area (Å²) in [5.41, 5.74) is 1.99. The smallest absolute Gasteiger partial charge is 0.253 e. The number of methoxy groups -OCH3 is 1. The lowest BCUT2D eigenvalue weighted by atomic mass is 10.2. The minimum Gasteiger partial charge on any atom is -0.497 e. The molecule has 0 spiro atoms. The van der Waals surface area contributed by atoms with Crippen LogP contribution in [0.1, 0.15) is 16.8 Å². The van der Waals surface area contributed by atoms with Crippen molar-refractivity contribution in [1.29, 1.82) is 0 Å². The Morgan fingerprint density at radius 2 is 2.03 bits per heavy atom. The molecule has 3 aromatic rings. The van der Waals surface area contributed by atoms with Gasteiger partial charge in [-0.2, -0.15) is 0 Å². The molecule has 2 heterocycles. The standard InChI is InChI=1S/C23H23N5O3/c1-3-21(29)25-17-7-4-15(5-8-17)22(30)28-11-10-18(14-28)26-23-24-13-16-6-9-19(31-2)12-20(16)27-23/h3-9,12-13,18H,1,10-11,14H2,2H3,(H,25,29)(H,24,26,27)/t18-/m1/s1. The van der Waals surface area contributed by atoms with Crippen molar-refractivity contribution in [1.82, 2.24) is 14.9 Å². The van der Waals surface area contributed by atoms with Crippen LogP contribution in [-0.2, 0) is 4.79 Å². The summed E-state index contributed by atoms with van der Waals surface area (Å²) < 4.78 is 5.26. The zero-order chi connectivity index (χ0) is 21.8. The van der Waals surface area contributed by atoms with Crippen LogP contribution in [0, 0.1) is 0 Å². The van der Waals surface area contributed by atoms with E-state index >= 15 is 0 Å². The average Bonchev–Trinajstić information content (AvgIpc) is 3.27. The van der Waals surface area contributed by atoms with Gasteiger partial charge in [0.05, 0.1) is 12.6 Å². The van der Waals surface area contributed by atoms with Gasteiger partial charge in [0, 0.05) is 48.0 Å². The van der Waals surface area contributed by atoms with Crippen molar-refractivity contribution in [2.45, 2.75) is 12.5 Å². The number of hydrogen-bond donors (Lipinski definition) is 2. The molecular formula is C23H23N5O3. The summed E-state index contributed by atoms with van der Waals surface area (Å²) in [5.74, 6) is 0.934. The zero-order valence-electron chi connectivity index (χ0n) is 17.2. The van der Waals surface area contributed by atoms with Gasteiger partial charge in [-0.25, -0.2) is 9.97 Å². The van der Waals surface area contributed by atoms with Crippen LogP contribution in [0.2, 0.25) is 0 Å². The summed E-state index contributed by atoms with van der Waals surface area (Å²) in [6, 6.07) is 12.6. The van der Waals surface area contributed by atoms with Gasteiger partial charge in [-0.15, -0.1) is 0 Å². The Morgan fingerprint density at radius 1 is 1.23 bits per heavy atom. The Balaban J connectivity index is 1.38. The Labute approximate surface area is 179 Å². The number of amides is 2. The molecule has 0 aliphatic carbocycles. The number of likely N-dealkylation sites (tertiary alicyclic amines) is 1. The van der Waals surface area contributed by atoms with Gasteiger partial charge in [0.25, 0.3) is 5.91 Å². The largest absolute Gasteiger partial charge is 0.497 e. The van der Waals surface area contributed by atoms with Gasteiger partial charge < -0.3 is 20.3 Å². The number of ether oxygens (including phenoxy) is 1. The van der Waals surface area contributed by atoms with E-state index in [0.717, 1.165) is 23.1 Å². The molecular weight excluding hydrogens is 394 g/mol. The van der Waals surface area contributed by atoms with Crippen molar-refractivity contribution < 1.29 is 14.3 Å². The van der Waals surface area contributed by atoms with E-state index in [0.29, 0.717) is 30.3 Å². The molecule has 1 saturated heterocycles. The Kier molecular flexibility index (Phi) is 5.79. The molecule has 0 bridgehead atoms. The van der Waals surface area contributed by atoms with E-state index in [1.807, 2.05) is 18.2 Å². The number of nitrogens with zero attached hydrogens (tertiary/aromatic N) is 3. The molecule has 1 aromatic heterocycles. The fourth-order valence-electron chi connectivity index (χ4n) is 3.52. The first kappa shape index (κ1) is 20.3. The minimum atomic E-state index is -0.290. The SMILES string of the molecule is C=CC(=O)Nc1ccc(C(=O)N2CC[C@@H](Nc3ncc4ccc(OC)cc4n3)C2)cc1. The maximum atomic E-state index is 12.8. The summed E-state index contributed by atoms with van der Waals surface area (Å²) in [6.45, 7) is 4.63. The van der Waals surface area contributed by atoms with Crippen LogP contribution in [-0.4, -0.2) is 52.9 Å². The highest BCUT2D eigenvalue weighted by Crippen LogP contribution is 2.21. The number of rotatable bonds is 6. The first-order chi connectivity index (χ1) is 15.1. The molecule has 1 atom stereocenters. The molecule has 1 fully saturated rings. The zero-order valence-corrected chi connectivity index (χ0v) is 17.2. The van der Waals surface area contributed by atoms with Gasteiger partial charge in [-0.05, 0) is 48.9 Å². The molecule has 31 heavy (non-hydrogen) atoms. The molecule has 8 nitrogen and oxygen atoms in total. The number of carbonyl (C=O) groups excluding carboxylic acids is 2. The topological polar surface area (TPSA) is 96.5 Å². The van der Waals surface area contributed by atoms with E-state index in [4.69, 9.17) is 4.74 Å². The van der Waals surface area contributed by atoms with Gasteiger partial charge in [-0.1, -0.05) is 6.58 Å². The predicted molar refractivity (Wildman–Crippen MR) is 119 cm³/mol. The number of aromatic nitrogens is 2. The third kappa shape index (κ3) is 4.63. The summed E-state index contributed by atoms with van der Waals surface area (Å²) in [6.07, 6.45) is 3.78. The van der Waals surface area contributed by atoms with Crippen molar-refractivity contribution in [3.63, 3.8) is 0 Å². The number of carbonyl (C=O) groups is 2. The van der Waals surface area contributed by atoms with E-state index in [-0.39, 0.29) is 17.9 Å². The van der Waals surface area contributed by atoms with Crippen molar-refractivity contribution in [2.75, 3.05) is 30.8 Å². The first-order valence-electron chi connectivity index (χ1n) is 9.96. The van der Waals surface area contributed by atoms with Crippen molar-refractivity contribution >= 4 is 34.4 Å². The minimum absolute atomic E-state index is 0.0462. The van der Waals surface area contributed by atoms with Crippen LogP contribution < -0.4 is 15.4 Å². The summed E-state index contributed by atoms with van der Waals surface area (Å²) in [4.78, 5) is 35.0. The number of hydrogen-bond acceptors (Lipinski definition) is 6. The number of benzene rings is 2. The van der Waals surface area contributed by atoms with Crippen LogP contribution in [0.4, 0.5) is 11.6 Å². The second-order valence-corrected chi connectivity index (χ2v) is 7.27. The quantitative estimate of drug-likeness (QED) is 0.599. The molecule has 0 unspecified atom stereocenters. The molecule has 1 aliphatic rings. The monoisotopic (exact) mass is 417 g/mol. The van der Waals surface area contributed by atoms with Crippen LogP contribution >= 0.6 is 0 Å². The Hall–Kier alpha value is -3.94. The number of anilines is 2. The van der Waals surface area contributed by atoms with Gasteiger partial charge in [0.2, 0.25) is 11.9 Å². The van der Waals surface area contributed by atoms with Crippen molar-refractivity contribution in [3.05, 3.63) is 66.9 Å². The molecule has 2 amide bonds. The normalized spacial score (nSPS) is 15.5. The Morgan fingerprint density at radius 3 is 2.77 bits per heavy atom. The lowest BCUT2D eigenvalue weighted by molar-refractivity contribution is -0.111. The summed E-state index contributed by atoms with van der Waals surface area (Å²) >= 11 is 0. The predicted octanol–water partition coefficient (Wildman–Crippen LogP) is 3.09. The molecule has 1 aliphatic heterocycles. The van der Waals surface area contributed by atoms with Crippen LogP contribution in [0.25, 0.3) is 10.9 Å². The van der Waals surface area contributed by atoms with Gasteiger partial charge >= 0.3 is 0 Å². The number of fused-ring (bicyclic) bond motifs is 1. The lowest BCUT2D eigenvalue weighted by Crippen LogP contribution is -2.31. The van der Waals surface area contributed by atoms with E-state index < -0.39 is 0 Å². The maximum absolute atomic E-state index is 12.8. The second kappa shape index (κ2) is 8.83. The molecule has 158 valence electrons. The fourth-order valence-corrected chi connectivity index (χ4v) is 3.52. The number of nitrogens with one attached hydrogen (secondary N) is 2. The summed E-state index contributed by atoms with van der Waals surface area (Å²) in [5, 5.41) is 6.93. The van der Waals surface area contributed by atoms with Gasteiger partial charge in [0.15, 0.2) is 0 Å². The van der Waals surface area contributed by atoms with Gasteiger partial charge in [-0.3, -0.25) is 9.59 Å². The van der Waals surface area contributed by atoms with Crippen molar-refractivity contribution in [2.24, 2.45) is 0 Å². The highest BCUT2D eigenvalue weighted by Gasteiger charge is 2.27. The van der Waals surface area contributed by atoms with E-state index in [2.05, 4.69) is 27.2 Å². The van der Waals surface area contributed by atoms with Crippen molar-refractivity contribution in [3.8, 4) is 5.75 Å². The third-order valence-electron chi connectivity index (χ3n) is 5.18. The molecule has 0 saturated carbocycles. The first-order valence-corrected chi connectivity index (χ1v) is 9.96. The van der Waals surface area contributed by atoms with Crippen LogP contribution in [0.3, 0.4) is 0 Å². The second-order valence-electron chi connectivity index (χ2n) is 7.27. The van der Waals surface area contributed by atoms with Crippen LogP contribution in [0.15, 0.2) is 61.3 Å². The van der Waals surface area contributed by atoms with E-state index in [1.54, 1.807) is 42.5 Å². The molecule has 4 rings (SSSR count). The lowest BCUT2D eigenvalue weighted by Gasteiger charge is -2.17. The van der Waals surface area contributed by atoms with E-state index in [9.17, 15) is 9.59 Å². The van der Waals surface area contributed by atoms with Crippen LogP contribution in [0.5, 0.6) is 5.75 Å². The maximum Gasteiger partial charge on any atom is 0.253 e. The molecule has 0 radical (unpaired) electrons. The summed E-state index contributed by atoms with van der Waals surface area (Å²) in [7, 11) is 1.62. The van der Waals surface area contributed by atoms with Gasteiger partial charge in [0.1, 0.15) is 5.75 Å². The average molecular weight is 417 g/mol. The fraction of sp³-hybridized carbons (Fsp3) is 0.217. The highest BCUT2D eigenvalue weighted by molar-refractivity contribution is 5.99.